The highest BCUT2D eigenvalue weighted by molar-refractivity contribution is 6.30. The zero-order valence-corrected chi connectivity index (χ0v) is 22.3. The number of benzene rings is 2. The van der Waals surface area contributed by atoms with Gasteiger partial charge in [0.1, 0.15) is 5.75 Å². The van der Waals surface area contributed by atoms with Crippen LogP contribution < -0.4 is 10.1 Å². The van der Waals surface area contributed by atoms with Crippen LogP contribution in [-0.2, 0) is 14.3 Å². The van der Waals surface area contributed by atoms with Gasteiger partial charge in [-0.2, -0.15) is 0 Å². The number of para-hydroxylation sites is 1. The molecule has 0 fully saturated rings. The van der Waals surface area contributed by atoms with Crippen molar-refractivity contribution in [2.45, 2.75) is 65.4 Å². The van der Waals surface area contributed by atoms with Crippen LogP contribution in [0.15, 0.2) is 71.1 Å². The minimum atomic E-state index is -0.561. The quantitative estimate of drug-likeness (QED) is 0.423. The van der Waals surface area contributed by atoms with E-state index in [2.05, 4.69) is 5.32 Å². The number of dihydropyridines is 1. The van der Waals surface area contributed by atoms with Crippen molar-refractivity contribution < 1.29 is 19.1 Å². The first-order valence-corrected chi connectivity index (χ1v) is 13.0. The molecule has 2 aromatic rings. The molecule has 2 aromatic carbocycles. The Kier molecular flexibility index (Phi) is 7.89. The zero-order valence-electron chi connectivity index (χ0n) is 21.6. The SMILES string of the molecule is CC1=C(C(=O)OCC(C)C)C(c2ccccc2OC(C)C)C2=C(CC(c3ccc(Cl)cc3)CC2=O)N1. The van der Waals surface area contributed by atoms with Crippen molar-refractivity contribution in [3.8, 4) is 5.75 Å². The second kappa shape index (κ2) is 10.9. The number of nitrogens with one attached hydrogen (secondary N) is 1. The maximum Gasteiger partial charge on any atom is 0.336 e. The van der Waals surface area contributed by atoms with E-state index in [1.807, 2.05) is 83.1 Å². The topological polar surface area (TPSA) is 64.6 Å². The lowest BCUT2D eigenvalue weighted by molar-refractivity contribution is -0.140. The van der Waals surface area contributed by atoms with Gasteiger partial charge in [0.15, 0.2) is 5.78 Å². The molecule has 0 saturated heterocycles. The maximum absolute atomic E-state index is 13.8. The number of hydrogen-bond donors (Lipinski definition) is 1. The summed E-state index contributed by atoms with van der Waals surface area (Å²) in [5, 5.41) is 4.08. The number of carbonyl (C=O) groups is 2. The predicted molar refractivity (Wildman–Crippen MR) is 142 cm³/mol. The van der Waals surface area contributed by atoms with Crippen LogP contribution in [0.5, 0.6) is 5.75 Å². The van der Waals surface area contributed by atoms with Gasteiger partial charge < -0.3 is 14.8 Å². The van der Waals surface area contributed by atoms with Gasteiger partial charge in [0.2, 0.25) is 0 Å². The molecule has 1 N–H and O–H groups in total. The molecular formula is C30H34ClNO4. The van der Waals surface area contributed by atoms with Crippen LogP contribution in [0.2, 0.25) is 5.02 Å². The van der Waals surface area contributed by atoms with Crippen LogP contribution in [0.4, 0.5) is 0 Å². The predicted octanol–water partition coefficient (Wildman–Crippen LogP) is 6.69. The average Bonchev–Trinajstić information content (AvgIpc) is 2.82. The number of esters is 1. The highest BCUT2D eigenvalue weighted by Crippen LogP contribution is 2.47. The Hall–Kier alpha value is -3.05. The Morgan fingerprint density at radius 3 is 2.42 bits per heavy atom. The third-order valence-electron chi connectivity index (χ3n) is 6.53. The molecule has 2 aliphatic rings. The molecule has 6 heteroatoms. The van der Waals surface area contributed by atoms with Crippen LogP contribution in [0.25, 0.3) is 0 Å². The van der Waals surface area contributed by atoms with E-state index in [-0.39, 0.29) is 23.7 Å². The third-order valence-corrected chi connectivity index (χ3v) is 6.78. The van der Waals surface area contributed by atoms with E-state index in [4.69, 9.17) is 21.1 Å². The molecule has 0 radical (unpaired) electrons. The summed E-state index contributed by atoms with van der Waals surface area (Å²) in [4.78, 5) is 27.2. The van der Waals surface area contributed by atoms with Crippen molar-refractivity contribution in [1.29, 1.82) is 0 Å². The molecule has 0 spiro atoms. The zero-order chi connectivity index (χ0) is 26.0. The molecule has 0 amide bonds. The largest absolute Gasteiger partial charge is 0.491 e. The van der Waals surface area contributed by atoms with E-state index in [0.717, 1.165) is 16.8 Å². The van der Waals surface area contributed by atoms with E-state index in [0.29, 0.717) is 47.1 Å². The summed E-state index contributed by atoms with van der Waals surface area (Å²) in [6.07, 6.45) is 0.969. The van der Waals surface area contributed by atoms with Crippen LogP contribution in [0.3, 0.4) is 0 Å². The first-order valence-electron chi connectivity index (χ1n) is 12.6. The Balaban J connectivity index is 1.81. The number of rotatable bonds is 7. The molecule has 0 aromatic heterocycles. The molecule has 4 rings (SSSR count). The molecule has 1 aliphatic carbocycles. The summed E-state index contributed by atoms with van der Waals surface area (Å²) in [5.41, 5.74) is 4.53. The number of carbonyl (C=O) groups excluding carboxylic acids is 2. The van der Waals surface area contributed by atoms with Crippen molar-refractivity contribution in [3.05, 3.63) is 87.2 Å². The van der Waals surface area contributed by atoms with Gasteiger partial charge in [-0.25, -0.2) is 4.79 Å². The Morgan fingerprint density at radius 2 is 1.75 bits per heavy atom. The summed E-state index contributed by atoms with van der Waals surface area (Å²) < 4.78 is 11.8. The van der Waals surface area contributed by atoms with Gasteiger partial charge in [0.05, 0.1) is 24.2 Å². The van der Waals surface area contributed by atoms with Gasteiger partial charge in [-0.05, 0) is 62.8 Å². The molecule has 2 atom stereocenters. The summed E-state index contributed by atoms with van der Waals surface area (Å²) in [6, 6.07) is 15.3. The van der Waals surface area contributed by atoms with Gasteiger partial charge in [0, 0.05) is 34.0 Å². The number of Topliss-reactive ketones (excluding diaryl/α,β-unsaturated/α-hetero) is 1. The van der Waals surface area contributed by atoms with Crippen LogP contribution in [0.1, 0.15) is 70.4 Å². The van der Waals surface area contributed by atoms with Crippen molar-refractivity contribution in [2.75, 3.05) is 6.61 Å². The molecule has 2 unspecified atom stereocenters. The van der Waals surface area contributed by atoms with Crippen molar-refractivity contribution in [3.63, 3.8) is 0 Å². The van der Waals surface area contributed by atoms with Crippen LogP contribution in [-0.4, -0.2) is 24.5 Å². The minimum Gasteiger partial charge on any atom is -0.491 e. The molecule has 0 bridgehead atoms. The standard InChI is InChI=1S/C30H34ClNO4/c1-17(2)16-35-30(34)27-19(5)32-24-14-21(20-10-12-22(31)13-11-20)15-25(33)29(24)28(27)23-8-6-7-9-26(23)36-18(3)4/h6-13,17-18,21,28,32H,14-16H2,1-5H3. The lowest BCUT2D eigenvalue weighted by atomic mass is 9.71. The first kappa shape index (κ1) is 26.0. The van der Waals surface area contributed by atoms with Crippen molar-refractivity contribution in [2.24, 2.45) is 5.92 Å². The molecule has 36 heavy (non-hydrogen) atoms. The van der Waals surface area contributed by atoms with Crippen LogP contribution in [0, 0.1) is 5.92 Å². The Labute approximate surface area is 218 Å². The molecule has 190 valence electrons. The summed E-state index contributed by atoms with van der Waals surface area (Å²) in [6.45, 7) is 10.1. The van der Waals surface area contributed by atoms with E-state index in [9.17, 15) is 9.59 Å². The lowest BCUT2D eigenvalue weighted by Gasteiger charge is -2.37. The summed E-state index contributed by atoms with van der Waals surface area (Å²) in [5.74, 6) is -0.0407. The highest BCUT2D eigenvalue weighted by atomic mass is 35.5. The monoisotopic (exact) mass is 507 g/mol. The molecule has 1 aliphatic heterocycles. The van der Waals surface area contributed by atoms with Gasteiger partial charge in [0.25, 0.3) is 0 Å². The first-order chi connectivity index (χ1) is 17.2. The number of allylic oxidation sites excluding steroid dienone is 3. The number of ketones is 1. The van der Waals surface area contributed by atoms with Gasteiger partial charge in [-0.1, -0.05) is 55.8 Å². The second-order valence-corrected chi connectivity index (χ2v) is 10.7. The molecular weight excluding hydrogens is 474 g/mol. The average molecular weight is 508 g/mol. The third kappa shape index (κ3) is 5.52. The Bertz CT molecular complexity index is 1210. The van der Waals surface area contributed by atoms with Gasteiger partial charge in [-0.15, -0.1) is 0 Å². The number of ether oxygens (including phenoxy) is 2. The van der Waals surface area contributed by atoms with E-state index in [1.165, 1.54) is 0 Å². The van der Waals surface area contributed by atoms with E-state index >= 15 is 0 Å². The summed E-state index contributed by atoms with van der Waals surface area (Å²) in [7, 11) is 0. The Morgan fingerprint density at radius 1 is 1.06 bits per heavy atom. The van der Waals surface area contributed by atoms with Gasteiger partial charge in [-0.3, -0.25) is 4.79 Å². The number of hydrogen-bond acceptors (Lipinski definition) is 5. The normalized spacial score (nSPS) is 19.9. The van der Waals surface area contributed by atoms with Crippen LogP contribution >= 0.6 is 11.6 Å². The van der Waals surface area contributed by atoms with Crippen molar-refractivity contribution >= 4 is 23.4 Å². The van der Waals surface area contributed by atoms with E-state index < -0.39 is 11.9 Å². The van der Waals surface area contributed by atoms with E-state index in [1.54, 1.807) is 0 Å². The van der Waals surface area contributed by atoms with Gasteiger partial charge >= 0.3 is 5.97 Å². The fourth-order valence-electron chi connectivity index (χ4n) is 4.99. The fraction of sp³-hybridized carbons (Fsp3) is 0.400. The molecule has 0 saturated carbocycles. The second-order valence-electron chi connectivity index (χ2n) is 10.3. The fourth-order valence-corrected chi connectivity index (χ4v) is 5.12. The smallest absolute Gasteiger partial charge is 0.336 e. The highest BCUT2D eigenvalue weighted by Gasteiger charge is 2.42. The van der Waals surface area contributed by atoms with Crippen molar-refractivity contribution in [1.82, 2.24) is 5.32 Å². The number of halogens is 1. The molecule has 5 nitrogen and oxygen atoms in total. The maximum atomic E-state index is 13.8. The minimum absolute atomic E-state index is 0.0229. The molecule has 1 heterocycles. The summed E-state index contributed by atoms with van der Waals surface area (Å²) >= 11 is 6.09. The lowest BCUT2D eigenvalue weighted by Crippen LogP contribution is -2.36.